The summed E-state index contributed by atoms with van der Waals surface area (Å²) in [5, 5.41) is 4.08. The van der Waals surface area contributed by atoms with E-state index in [1.807, 2.05) is 72.8 Å². The number of benzene rings is 2. The Morgan fingerprint density at radius 2 is 1.94 bits per heavy atom. The highest BCUT2D eigenvalue weighted by atomic mass is 35.5. The first-order valence-corrected chi connectivity index (χ1v) is 11.9. The number of aliphatic imine (C=N–C) groups is 1. The van der Waals surface area contributed by atoms with E-state index in [9.17, 15) is 4.79 Å². The third-order valence-electron chi connectivity index (χ3n) is 5.34. The molecule has 1 aliphatic heterocycles. The number of ether oxygens (including phenoxy) is 2. The van der Waals surface area contributed by atoms with E-state index in [1.54, 1.807) is 7.11 Å². The van der Waals surface area contributed by atoms with Crippen LogP contribution < -0.4 is 5.32 Å². The number of carbonyl (C=O) groups excluding carboxylic acids is 1. The number of aryl methyl sites for hydroxylation is 1. The molecule has 1 amide bonds. The Balaban J connectivity index is 1.42. The smallest absolute Gasteiger partial charge is 0.264 e. The summed E-state index contributed by atoms with van der Waals surface area (Å²) < 4.78 is 11.6. The average Bonchev–Trinajstić information content (AvgIpc) is 3.17. The van der Waals surface area contributed by atoms with Crippen LogP contribution in [-0.2, 0) is 27.3 Å². The van der Waals surface area contributed by atoms with Crippen molar-refractivity contribution in [2.45, 2.75) is 32.2 Å². The van der Waals surface area contributed by atoms with Crippen molar-refractivity contribution >= 4 is 40.1 Å². The van der Waals surface area contributed by atoms with Crippen molar-refractivity contribution in [3.63, 3.8) is 0 Å². The molecule has 4 rings (SSSR count). The number of amides is 1. The van der Waals surface area contributed by atoms with Crippen LogP contribution in [0.25, 0.3) is 0 Å². The van der Waals surface area contributed by atoms with Gasteiger partial charge in [0.2, 0.25) is 0 Å². The van der Waals surface area contributed by atoms with Crippen LogP contribution in [0.3, 0.4) is 0 Å². The molecule has 1 fully saturated rings. The van der Waals surface area contributed by atoms with Gasteiger partial charge in [-0.25, -0.2) is 4.99 Å². The minimum atomic E-state index is -0.274. The van der Waals surface area contributed by atoms with E-state index in [0.29, 0.717) is 21.7 Å². The van der Waals surface area contributed by atoms with E-state index in [4.69, 9.17) is 21.1 Å². The number of methoxy groups -OCH3 is 1. The number of halogens is 1. The van der Waals surface area contributed by atoms with Crippen molar-refractivity contribution in [1.82, 2.24) is 5.32 Å². The molecule has 5 nitrogen and oxygen atoms in total. The van der Waals surface area contributed by atoms with Crippen molar-refractivity contribution in [1.29, 1.82) is 0 Å². The lowest BCUT2D eigenvalue weighted by Crippen LogP contribution is -2.29. The maximum absolute atomic E-state index is 12.5. The molecule has 1 N–H and O–H groups in total. The minimum Gasteiger partial charge on any atom is -0.374 e. The second-order valence-electron chi connectivity index (χ2n) is 7.59. The van der Waals surface area contributed by atoms with E-state index in [1.165, 1.54) is 17.3 Å². The van der Waals surface area contributed by atoms with Crippen molar-refractivity contribution in [3.05, 3.63) is 99.5 Å². The summed E-state index contributed by atoms with van der Waals surface area (Å²) in [6.07, 6.45) is 8.13. The van der Waals surface area contributed by atoms with E-state index in [-0.39, 0.29) is 18.1 Å². The lowest BCUT2D eigenvalue weighted by atomic mass is 10.0. The van der Waals surface area contributed by atoms with E-state index < -0.39 is 0 Å². The van der Waals surface area contributed by atoms with Crippen molar-refractivity contribution in [2.24, 2.45) is 4.99 Å². The van der Waals surface area contributed by atoms with Crippen LogP contribution in [0.1, 0.15) is 18.1 Å². The summed E-state index contributed by atoms with van der Waals surface area (Å²) in [6.45, 7) is 2.50. The van der Waals surface area contributed by atoms with Crippen LogP contribution in [0.2, 0.25) is 5.02 Å². The van der Waals surface area contributed by atoms with Gasteiger partial charge in [-0.1, -0.05) is 61.0 Å². The molecular formula is C26H25ClN2O3S. The summed E-state index contributed by atoms with van der Waals surface area (Å²) in [6, 6.07) is 15.6. The van der Waals surface area contributed by atoms with Gasteiger partial charge in [0.25, 0.3) is 5.91 Å². The van der Waals surface area contributed by atoms with Crippen molar-refractivity contribution in [3.8, 4) is 0 Å². The first-order chi connectivity index (χ1) is 16.1. The van der Waals surface area contributed by atoms with Gasteiger partial charge in [-0.15, -0.1) is 0 Å². The van der Waals surface area contributed by atoms with Gasteiger partial charge in [0.05, 0.1) is 17.2 Å². The summed E-state index contributed by atoms with van der Waals surface area (Å²) in [5.41, 5.74) is 3.87. The van der Waals surface area contributed by atoms with Gasteiger partial charge in [0.1, 0.15) is 12.2 Å². The number of carbonyl (C=O) groups is 1. The molecule has 2 aromatic rings. The molecule has 1 aliphatic carbocycles. The number of amidine groups is 1. The van der Waals surface area contributed by atoms with E-state index in [0.717, 1.165) is 23.2 Å². The highest BCUT2D eigenvalue weighted by molar-refractivity contribution is 8.18. The van der Waals surface area contributed by atoms with Gasteiger partial charge in [-0.2, -0.15) is 0 Å². The fraction of sp³-hybridized carbons (Fsp3) is 0.231. The quantitative estimate of drug-likeness (QED) is 0.514. The summed E-state index contributed by atoms with van der Waals surface area (Å²) in [4.78, 5) is 17.6. The second kappa shape index (κ2) is 11.0. The van der Waals surface area contributed by atoms with Crippen molar-refractivity contribution < 1.29 is 14.3 Å². The standard InChI is InChI=1S/C26H25ClN2O3S/c1-3-17-8-11-20(12-9-17)28-26-29-25(30)24(33-26)15-18-10-13-22(23(14-18)31-2)32-16-19-6-4-5-7-21(19)27/h4-15,22-23H,3,16H2,1-2H3,(H,28,29,30)/b24-15-/t22-,23-/m1/s1. The predicted molar refractivity (Wildman–Crippen MR) is 135 cm³/mol. The molecule has 0 unspecified atom stereocenters. The van der Waals surface area contributed by atoms with Crippen LogP contribution in [0, 0.1) is 0 Å². The molecule has 7 heteroatoms. The zero-order chi connectivity index (χ0) is 23.2. The number of nitrogens with one attached hydrogen (secondary N) is 1. The molecule has 0 spiro atoms. The number of nitrogens with zero attached hydrogens (tertiary/aromatic N) is 1. The molecule has 0 saturated carbocycles. The Labute approximate surface area is 203 Å². The summed E-state index contributed by atoms with van der Waals surface area (Å²) >= 11 is 7.55. The van der Waals surface area contributed by atoms with Crippen LogP contribution in [-0.4, -0.2) is 30.4 Å². The monoisotopic (exact) mass is 480 g/mol. The topological polar surface area (TPSA) is 59.9 Å². The second-order valence-corrected chi connectivity index (χ2v) is 9.03. The first-order valence-electron chi connectivity index (χ1n) is 10.7. The molecule has 0 aromatic heterocycles. The average molecular weight is 481 g/mol. The molecule has 0 bridgehead atoms. The third-order valence-corrected chi connectivity index (χ3v) is 6.62. The largest absolute Gasteiger partial charge is 0.374 e. The zero-order valence-electron chi connectivity index (χ0n) is 18.5. The maximum Gasteiger partial charge on any atom is 0.264 e. The fourth-order valence-electron chi connectivity index (χ4n) is 3.46. The molecule has 2 atom stereocenters. The molecule has 0 radical (unpaired) electrons. The van der Waals surface area contributed by atoms with Gasteiger partial charge in [0, 0.05) is 12.1 Å². The van der Waals surface area contributed by atoms with Gasteiger partial charge in [-0.3, -0.25) is 4.79 Å². The Bertz CT molecular complexity index is 1140. The molecule has 2 aromatic carbocycles. The number of hydrogen-bond donors (Lipinski definition) is 1. The highest BCUT2D eigenvalue weighted by Gasteiger charge is 2.26. The van der Waals surface area contributed by atoms with E-state index in [2.05, 4.69) is 17.2 Å². The van der Waals surface area contributed by atoms with Gasteiger partial charge < -0.3 is 14.8 Å². The summed E-state index contributed by atoms with van der Waals surface area (Å²) in [7, 11) is 1.64. The lowest BCUT2D eigenvalue weighted by molar-refractivity contribution is -0.115. The Morgan fingerprint density at radius 3 is 2.67 bits per heavy atom. The van der Waals surface area contributed by atoms with Crippen molar-refractivity contribution in [2.75, 3.05) is 7.11 Å². The predicted octanol–water partition coefficient (Wildman–Crippen LogP) is 5.73. The normalized spacial score (nSPS) is 22.6. The molecule has 170 valence electrons. The Morgan fingerprint density at radius 1 is 1.15 bits per heavy atom. The van der Waals surface area contributed by atoms with Gasteiger partial charge in [0.15, 0.2) is 5.17 Å². The SMILES string of the molecule is CCc1ccc(N=C2NC(=O)/C(=C/C3=C[C@@H](OC)[C@H](OCc4ccccc4Cl)C=C3)S2)cc1. The van der Waals surface area contributed by atoms with Crippen LogP contribution >= 0.6 is 23.4 Å². The first kappa shape index (κ1) is 23.5. The summed E-state index contributed by atoms with van der Waals surface area (Å²) in [5.74, 6) is -0.163. The number of hydrogen-bond acceptors (Lipinski definition) is 5. The van der Waals surface area contributed by atoms with Crippen LogP contribution in [0.4, 0.5) is 5.69 Å². The molecular weight excluding hydrogens is 456 g/mol. The van der Waals surface area contributed by atoms with Crippen LogP contribution in [0.15, 0.2) is 88.3 Å². The van der Waals surface area contributed by atoms with Gasteiger partial charge in [-0.05, 0) is 65.2 Å². The third kappa shape index (κ3) is 6.03. The maximum atomic E-state index is 12.5. The molecule has 2 aliphatic rings. The molecule has 1 heterocycles. The lowest BCUT2D eigenvalue weighted by Gasteiger charge is -2.25. The fourth-order valence-corrected chi connectivity index (χ4v) is 4.49. The highest BCUT2D eigenvalue weighted by Crippen LogP contribution is 2.29. The minimum absolute atomic E-state index is 0.163. The number of allylic oxidation sites excluding steroid dienone is 3. The van der Waals surface area contributed by atoms with Gasteiger partial charge >= 0.3 is 0 Å². The number of rotatable bonds is 7. The molecule has 33 heavy (non-hydrogen) atoms. The number of thioether (sulfide) groups is 1. The van der Waals surface area contributed by atoms with Crippen LogP contribution in [0.5, 0.6) is 0 Å². The Kier molecular flexibility index (Phi) is 7.83. The zero-order valence-corrected chi connectivity index (χ0v) is 20.0. The Hall–Kier alpha value is -2.64. The van der Waals surface area contributed by atoms with E-state index >= 15 is 0 Å². The molecule has 1 saturated heterocycles.